The number of thiophene rings is 1. The summed E-state index contributed by atoms with van der Waals surface area (Å²) in [6, 6.07) is 11.6. The number of nitrogens with two attached hydrogens (primary N) is 1. The molecule has 4 aromatic rings. The Hall–Kier alpha value is -3.56. The summed E-state index contributed by atoms with van der Waals surface area (Å²) < 4.78 is 1.10. The van der Waals surface area contributed by atoms with Crippen LogP contribution in [0.15, 0.2) is 58.7 Å². The number of hydrogen-bond donors (Lipinski definition) is 1. The fraction of sp³-hybridized carbons (Fsp3) is 0. The molecule has 0 atom stereocenters. The summed E-state index contributed by atoms with van der Waals surface area (Å²) in [6.45, 7) is 0. The lowest BCUT2D eigenvalue weighted by Crippen LogP contribution is -2.24. The van der Waals surface area contributed by atoms with Gasteiger partial charge in [0.05, 0.1) is 21.0 Å². The number of nitro benzene ring substituents is 1. The van der Waals surface area contributed by atoms with Gasteiger partial charge in [-0.3, -0.25) is 19.7 Å². The summed E-state index contributed by atoms with van der Waals surface area (Å²) in [7, 11) is 0. The monoisotopic (exact) mass is 426 g/mol. The van der Waals surface area contributed by atoms with Crippen molar-refractivity contribution >= 4 is 50.2 Å². The van der Waals surface area contributed by atoms with Crippen molar-refractivity contribution in [3.8, 4) is 5.69 Å². The molecule has 10 heteroatoms. The zero-order valence-electron chi connectivity index (χ0n) is 14.5. The topological polar surface area (TPSA) is 121 Å². The van der Waals surface area contributed by atoms with Gasteiger partial charge in [0.2, 0.25) is 5.78 Å². The van der Waals surface area contributed by atoms with Gasteiger partial charge in [-0.15, -0.1) is 11.3 Å². The average molecular weight is 427 g/mol. The molecule has 0 unspecified atom stereocenters. The molecule has 2 N–H and O–H groups in total. The number of nitro groups is 1. The molecule has 8 nitrogen and oxygen atoms in total. The Balaban J connectivity index is 1.93. The van der Waals surface area contributed by atoms with Crippen molar-refractivity contribution in [3.63, 3.8) is 0 Å². The number of anilines is 1. The van der Waals surface area contributed by atoms with Crippen LogP contribution in [0.2, 0.25) is 5.02 Å². The summed E-state index contributed by atoms with van der Waals surface area (Å²) in [5, 5.41) is 18.0. The van der Waals surface area contributed by atoms with Crippen LogP contribution >= 0.6 is 22.9 Å². The number of rotatable bonds is 4. The van der Waals surface area contributed by atoms with Gasteiger partial charge in [-0.05, 0) is 36.4 Å². The minimum atomic E-state index is -0.551. The van der Waals surface area contributed by atoms with Crippen LogP contribution in [0, 0.1) is 10.1 Å². The molecule has 0 saturated heterocycles. The predicted molar refractivity (Wildman–Crippen MR) is 111 cm³/mol. The van der Waals surface area contributed by atoms with Gasteiger partial charge in [0.25, 0.3) is 11.2 Å². The van der Waals surface area contributed by atoms with E-state index in [2.05, 4.69) is 5.10 Å². The van der Waals surface area contributed by atoms with E-state index in [9.17, 15) is 19.7 Å². The van der Waals surface area contributed by atoms with Gasteiger partial charge in [-0.25, -0.2) is 0 Å². The second-order valence-corrected chi connectivity index (χ2v) is 7.41. The summed E-state index contributed by atoms with van der Waals surface area (Å²) >= 11 is 7.04. The summed E-state index contributed by atoms with van der Waals surface area (Å²) in [5.74, 6) is -0.481. The van der Waals surface area contributed by atoms with E-state index in [1.807, 2.05) is 0 Å². The van der Waals surface area contributed by atoms with E-state index < -0.39 is 16.3 Å². The number of carbonyl (C=O) groups is 1. The highest BCUT2D eigenvalue weighted by atomic mass is 35.5. The second-order valence-electron chi connectivity index (χ2n) is 6.06. The third-order valence-electron chi connectivity index (χ3n) is 4.31. The van der Waals surface area contributed by atoms with E-state index in [1.54, 1.807) is 29.6 Å². The van der Waals surface area contributed by atoms with Crippen molar-refractivity contribution < 1.29 is 9.72 Å². The number of aromatic nitrogens is 2. The first kappa shape index (κ1) is 18.8. The summed E-state index contributed by atoms with van der Waals surface area (Å²) in [5.41, 5.74) is 6.04. The van der Waals surface area contributed by atoms with E-state index in [1.165, 1.54) is 24.3 Å². The van der Waals surface area contributed by atoms with Gasteiger partial charge >= 0.3 is 0 Å². The van der Waals surface area contributed by atoms with Crippen molar-refractivity contribution in [2.45, 2.75) is 0 Å². The molecule has 0 bridgehead atoms. The number of nitrogens with zero attached hydrogens (tertiary/aromatic N) is 3. The largest absolute Gasteiger partial charge is 0.390 e. The lowest BCUT2D eigenvalue weighted by Gasteiger charge is -2.09. The Morgan fingerprint density at radius 2 is 1.79 bits per heavy atom. The first-order valence-corrected chi connectivity index (χ1v) is 9.47. The van der Waals surface area contributed by atoms with Crippen LogP contribution in [0.5, 0.6) is 0 Å². The lowest BCUT2D eigenvalue weighted by atomic mass is 10.0. The quantitative estimate of drug-likeness (QED) is 0.301. The molecule has 0 aliphatic carbocycles. The molecule has 0 aliphatic rings. The Morgan fingerprint density at radius 3 is 2.41 bits per heavy atom. The first-order valence-electron chi connectivity index (χ1n) is 8.22. The molecular formula is C19H11ClN4O4S. The maximum atomic E-state index is 13.1. The van der Waals surface area contributed by atoms with E-state index in [0.717, 1.165) is 16.0 Å². The third kappa shape index (κ3) is 3.26. The lowest BCUT2D eigenvalue weighted by molar-refractivity contribution is -0.384. The molecule has 0 saturated carbocycles. The Kier molecular flexibility index (Phi) is 4.61. The Labute approximate surface area is 171 Å². The van der Waals surface area contributed by atoms with E-state index in [4.69, 9.17) is 17.3 Å². The highest BCUT2D eigenvalue weighted by Crippen LogP contribution is 2.29. The highest BCUT2D eigenvalue weighted by molar-refractivity contribution is 7.15. The summed E-state index contributed by atoms with van der Waals surface area (Å²) in [4.78, 5) is 36.3. The van der Waals surface area contributed by atoms with Crippen LogP contribution in [-0.4, -0.2) is 20.5 Å². The van der Waals surface area contributed by atoms with Crippen LogP contribution in [-0.2, 0) is 0 Å². The molecule has 2 aromatic carbocycles. The van der Waals surface area contributed by atoms with E-state index in [-0.39, 0.29) is 27.3 Å². The molecule has 144 valence electrons. The van der Waals surface area contributed by atoms with Gasteiger partial charge in [0.1, 0.15) is 5.69 Å². The van der Waals surface area contributed by atoms with Gasteiger partial charge in [0.15, 0.2) is 0 Å². The van der Waals surface area contributed by atoms with Crippen LogP contribution in [0.1, 0.15) is 16.1 Å². The number of hydrogen-bond acceptors (Lipinski definition) is 7. The van der Waals surface area contributed by atoms with Crippen molar-refractivity contribution in [1.29, 1.82) is 0 Å². The standard InChI is InChI=1S/C19H11ClN4O4S/c20-11-3-7-12(8-4-11)23-19(26)15-14(9-29-18(15)21)16(22-23)17(25)10-1-5-13(6-2-10)24(27)28/h1-9H,21H2. The zero-order chi connectivity index (χ0) is 20.7. The van der Waals surface area contributed by atoms with Crippen molar-refractivity contribution in [3.05, 3.63) is 90.7 Å². The molecule has 2 heterocycles. The number of carbonyl (C=O) groups excluding carboxylic acids is 1. The SMILES string of the molecule is Nc1scc2c(C(=O)c3ccc([N+](=O)[O-])cc3)nn(-c3ccc(Cl)cc3)c(=O)c12. The molecule has 0 amide bonds. The fourth-order valence-corrected chi connectivity index (χ4v) is 3.78. The minimum absolute atomic E-state index is 0.0244. The van der Waals surface area contributed by atoms with Crippen LogP contribution in [0.4, 0.5) is 10.7 Å². The molecule has 2 aromatic heterocycles. The molecule has 0 radical (unpaired) electrons. The number of ketones is 1. The smallest absolute Gasteiger partial charge is 0.282 e. The van der Waals surface area contributed by atoms with Gasteiger partial charge in [0, 0.05) is 33.5 Å². The first-order chi connectivity index (χ1) is 13.9. The highest BCUT2D eigenvalue weighted by Gasteiger charge is 2.22. The number of nitrogen functional groups attached to an aromatic ring is 1. The van der Waals surface area contributed by atoms with E-state index in [0.29, 0.717) is 16.1 Å². The molecular weight excluding hydrogens is 416 g/mol. The zero-order valence-corrected chi connectivity index (χ0v) is 16.1. The molecule has 4 rings (SSSR count). The second kappa shape index (κ2) is 7.12. The molecule has 0 fully saturated rings. The number of non-ortho nitro benzene ring substituents is 1. The van der Waals surface area contributed by atoms with Gasteiger partial charge in [-0.1, -0.05) is 11.6 Å². The minimum Gasteiger partial charge on any atom is -0.390 e. The van der Waals surface area contributed by atoms with E-state index >= 15 is 0 Å². The molecule has 0 spiro atoms. The Bertz CT molecular complexity index is 1330. The molecule has 29 heavy (non-hydrogen) atoms. The molecule has 0 aliphatic heterocycles. The number of fused-ring (bicyclic) bond motifs is 1. The van der Waals surface area contributed by atoms with Crippen molar-refractivity contribution in [2.24, 2.45) is 0 Å². The number of halogens is 1. The third-order valence-corrected chi connectivity index (χ3v) is 5.37. The maximum absolute atomic E-state index is 13.1. The van der Waals surface area contributed by atoms with Gasteiger partial charge < -0.3 is 5.73 Å². The van der Waals surface area contributed by atoms with Crippen LogP contribution < -0.4 is 11.3 Å². The van der Waals surface area contributed by atoms with Crippen molar-refractivity contribution in [2.75, 3.05) is 5.73 Å². The van der Waals surface area contributed by atoms with Crippen LogP contribution in [0.25, 0.3) is 16.5 Å². The normalized spacial score (nSPS) is 10.9. The Morgan fingerprint density at radius 1 is 1.14 bits per heavy atom. The van der Waals surface area contributed by atoms with Crippen LogP contribution in [0.3, 0.4) is 0 Å². The average Bonchev–Trinajstić information content (AvgIpc) is 3.11. The maximum Gasteiger partial charge on any atom is 0.282 e. The van der Waals surface area contributed by atoms with Gasteiger partial charge in [-0.2, -0.15) is 9.78 Å². The fourth-order valence-electron chi connectivity index (χ4n) is 2.87. The predicted octanol–water partition coefficient (Wildman–Crippen LogP) is 3.82. The number of benzene rings is 2. The summed E-state index contributed by atoms with van der Waals surface area (Å²) in [6.07, 6.45) is 0. The van der Waals surface area contributed by atoms with Crippen molar-refractivity contribution in [1.82, 2.24) is 9.78 Å².